The summed E-state index contributed by atoms with van der Waals surface area (Å²) in [5.41, 5.74) is 0. The summed E-state index contributed by atoms with van der Waals surface area (Å²) in [5, 5.41) is 0. The molecule has 0 amide bonds. The second-order valence-electron chi connectivity index (χ2n) is 4.05. The van der Waals surface area contributed by atoms with Crippen LogP contribution < -0.4 is 4.74 Å². The van der Waals surface area contributed by atoms with Crippen LogP contribution in [0.1, 0.15) is 19.8 Å². The molecule has 80 valence electrons. The van der Waals surface area contributed by atoms with Gasteiger partial charge in [-0.15, -0.1) is 0 Å². The van der Waals surface area contributed by atoms with Crippen LogP contribution >= 0.6 is 15.9 Å². The first-order valence-corrected chi connectivity index (χ1v) is 6.14. The number of hydrogen-bond acceptors (Lipinski definition) is 1. The van der Waals surface area contributed by atoms with Gasteiger partial charge in [-0.25, -0.2) is 0 Å². The first kappa shape index (κ1) is 10.7. The molecule has 2 unspecified atom stereocenters. The number of hydrogen-bond donors (Lipinski definition) is 0. The molecule has 0 saturated heterocycles. The van der Waals surface area contributed by atoms with Gasteiger partial charge in [0.05, 0.1) is 0 Å². The van der Waals surface area contributed by atoms with Crippen molar-refractivity contribution in [2.45, 2.75) is 25.9 Å². The third-order valence-electron chi connectivity index (χ3n) is 2.66. The highest BCUT2D eigenvalue weighted by molar-refractivity contribution is 9.10. The molecule has 0 aromatic heterocycles. The Kier molecular flexibility index (Phi) is 3.47. The van der Waals surface area contributed by atoms with Gasteiger partial charge < -0.3 is 4.74 Å². The van der Waals surface area contributed by atoms with E-state index < -0.39 is 0 Å². The van der Waals surface area contributed by atoms with E-state index in [1.807, 2.05) is 24.3 Å². The summed E-state index contributed by atoms with van der Waals surface area (Å²) in [6.45, 7) is 2.24. The molecule has 0 aliphatic heterocycles. The lowest BCUT2D eigenvalue weighted by atomic mass is 9.96. The number of rotatable bonds is 2. The van der Waals surface area contributed by atoms with Gasteiger partial charge in [-0.3, -0.25) is 0 Å². The Hall–Kier alpha value is -0.760. The van der Waals surface area contributed by atoms with E-state index in [0.29, 0.717) is 5.92 Å². The van der Waals surface area contributed by atoms with Gasteiger partial charge in [0.15, 0.2) is 0 Å². The van der Waals surface area contributed by atoms with Crippen LogP contribution in [0.3, 0.4) is 0 Å². The maximum atomic E-state index is 5.85. The predicted octanol–water partition coefficient (Wildman–Crippen LogP) is 4.18. The molecule has 1 aromatic rings. The van der Waals surface area contributed by atoms with Crippen LogP contribution in [-0.4, -0.2) is 6.10 Å². The van der Waals surface area contributed by atoms with Crippen molar-refractivity contribution in [1.82, 2.24) is 0 Å². The van der Waals surface area contributed by atoms with Gasteiger partial charge in [0, 0.05) is 4.47 Å². The molecule has 0 radical (unpaired) electrons. The van der Waals surface area contributed by atoms with E-state index in [4.69, 9.17) is 4.74 Å². The van der Waals surface area contributed by atoms with Gasteiger partial charge in [-0.05, 0) is 49.1 Å². The summed E-state index contributed by atoms with van der Waals surface area (Å²) in [6, 6.07) is 8.00. The Morgan fingerprint density at radius 2 is 1.87 bits per heavy atom. The number of ether oxygens (including phenoxy) is 1. The molecule has 0 spiro atoms. The van der Waals surface area contributed by atoms with Gasteiger partial charge in [0.2, 0.25) is 0 Å². The summed E-state index contributed by atoms with van der Waals surface area (Å²) >= 11 is 3.41. The molecule has 1 aromatic carbocycles. The summed E-state index contributed by atoms with van der Waals surface area (Å²) in [4.78, 5) is 0. The zero-order valence-corrected chi connectivity index (χ0v) is 10.4. The number of benzene rings is 1. The third kappa shape index (κ3) is 3.10. The largest absolute Gasteiger partial charge is 0.486 e. The quantitative estimate of drug-likeness (QED) is 0.730. The normalized spacial score (nSPS) is 25.2. The van der Waals surface area contributed by atoms with E-state index in [9.17, 15) is 0 Å². The molecule has 2 rings (SSSR count). The molecule has 2 atom stereocenters. The molecule has 1 nitrogen and oxygen atoms in total. The Bertz CT molecular complexity index is 342. The second kappa shape index (κ2) is 4.84. The molecule has 0 saturated carbocycles. The highest BCUT2D eigenvalue weighted by Crippen LogP contribution is 2.23. The molecule has 0 N–H and O–H groups in total. The van der Waals surface area contributed by atoms with Crippen molar-refractivity contribution < 1.29 is 4.74 Å². The Labute approximate surface area is 99.3 Å². The van der Waals surface area contributed by atoms with Gasteiger partial charge in [0.25, 0.3) is 0 Å². The Morgan fingerprint density at radius 1 is 1.13 bits per heavy atom. The van der Waals surface area contributed by atoms with E-state index in [0.717, 1.165) is 16.6 Å². The van der Waals surface area contributed by atoms with Crippen LogP contribution in [0.5, 0.6) is 5.75 Å². The minimum atomic E-state index is 0.252. The van der Waals surface area contributed by atoms with Crippen molar-refractivity contribution in [3.8, 4) is 5.75 Å². The zero-order valence-electron chi connectivity index (χ0n) is 8.82. The first-order chi connectivity index (χ1) is 7.24. The van der Waals surface area contributed by atoms with Crippen LogP contribution in [0.4, 0.5) is 0 Å². The highest BCUT2D eigenvalue weighted by Gasteiger charge is 2.13. The van der Waals surface area contributed by atoms with Crippen molar-refractivity contribution in [3.63, 3.8) is 0 Å². The monoisotopic (exact) mass is 266 g/mol. The fourth-order valence-electron chi connectivity index (χ4n) is 1.72. The molecule has 2 heteroatoms. The van der Waals surface area contributed by atoms with Crippen LogP contribution in [0.2, 0.25) is 0 Å². The highest BCUT2D eigenvalue weighted by atomic mass is 79.9. The third-order valence-corrected chi connectivity index (χ3v) is 3.19. The summed E-state index contributed by atoms with van der Waals surface area (Å²) < 4.78 is 6.94. The zero-order chi connectivity index (χ0) is 10.7. The van der Waals surface area contributed by atoms with E-state index in [1.54, 1.807) is 0 Å². The van der Waals surface area contributed by atoms with Crippen molar-refractivity contribution in [2.24, 2.45) is 5.92 Å². The van der Waals surface area contributed by atoms with Gasteiger partial charge >= 0.3 is 0 Å². The Morgan fingerprint density at radius 3 is 2.47 bits per heavy atom. The maximum absolute atomic E-state index is 5.85. The van der Waals surface area contributed by atoms with Crippen molar-refractivity contribution in [1.29, 1.82) is 0 Å². The molecule has 1 aliphatic carbocycles. The molecule has 0 fully saturated rings. The Balaban J connectivity index is 1.97. The van der Waals surface area contributed by atoms with Gasteiger partial charge in [-0.1, -0.05) is 28.9 Å². The average Bonchev–Trinajstić information content (AvgIpc) is 2.25. The molecule has 15 heavy (non-hydrogen) atoms. The molecule has 0 bridgehead atoms. The lowest BCUT2D eigenvalue weighted by Gasteiger charge is -2.21. The smallest absolute Gasteiger partial charge is 0.120 e. The van der Waals surface area contributed by atoms with E-state index in [1.165, 1.54) is 6.42 Å². The number of allylic oxidation sites excluding steroid dienone is 1. The average molecular weight is 267 g/mol. The minimum absolute atomic E-state index is 0.252. The molecule has 1 aliphatic rings. The van der Waals surface area contributed by atoms with E-state index in [2.05, 4.69) is 35.0 Å². The first-order valence-electron chi connectivity index (χ1n) is 5.34. The van der Waals surface area contributed by atoms with Crippen molar-refractivity contribution in [3.05, 3.63) is 40.9 Å². The molecule has 0 heterocycles. The summed E-state index contributed by atoms with van der Waals surface area (Å²) in [5.74, 6) is 1.65. The lowest BCUT2D eigenvalue weighted by Crippen LogP contribution is -2.18. The lowest BCUT2D eigenvalue weighted by molar-refractivity contribution is 0.221. The topological polar surface area (TPSA) is 9.23 Å². The second-order valence-corrected chi connectivity index (χ2v) is 4.97. The minimum Gasteiger partial charge on any atom is -0.486 e. The van der Waals surface area contributed by atoms with Crippen LogP contribution in [0.25, 0.3) is 0 Å². The van der Waals surface area contributed by atoms with Crippen LogP contribution in [0.15, 0.2) is 40.9 Å². The SMILES string of the molecule is CC1C=CC(Oc2ccc(Br)cc2)CC1. The van der Waals surface area contributed by atoms with Crippen LogP contribution in [0, 0.1) is 5.92 Å². The fraction of sp³-hybridized carbons (Fsp3) is 0.385. The summed E-state index contributed by atoms with van der Waals surface area (Å²) in [6.07, 6.45) is 7.01. The maximum Gasteiger partial charge on any atom is 0.120 e. The van der Waals surface area contributed by atoms with Crippen molar-refractivity contribution >= 4 is 15.9 Å². The van der Waals surface area contributed by atoms with Crippen LogP contribution in [-0.2, 0) is 0 Å². The molecular formula is C13H15BrO. The fourth-order valence-corrected chi connectivity index (χ4v) is 1.98. The predicted molar refractivity (Wildman–Crippen MR) is 66.1 cm³/mol. The number of halogens is 1. The summed E-state index contributed by atoms with van der Waals surface area (Å²) in [7, 11) is 0. The van der Waals surface area contributed by atoms with Gasteiger partial charge in [-0.2, -0.15) is 0 Å². The molecular weight excluding hydrogens is 252 g/mol. The van der Waals surface area contributed by atoms with Crippen molar-refractivity contribution in [2.75, 3.05) is 0 Å². The van der Waals surface area contributed by atoms with E-state index >= 15 is 0 Å². The van der Waals surface area contributed by atoms with E-state index in [-0.39, 0.29) is 6.10 Å². The standard InChI is InChI=1S/C13H15BrO/c1-10-2-6-12(7-3-10)15-13-8-4-11(14)5-9-13/h2,4-6,8-10,12H,3,7H2,1H3. The van der Waals surface area contributed by atoms with Gasteiger partial charge in [0.1, 0.15) is 11.9 Å².